The van der Waals surface area contributed by atoms with E-state index < -0.39 is 0 Å². The van der Waals surface area contributed by atoms with Gasteiger partial charge in [0.1, 0.15) is 17.1 Å². The quantitative estimate of drug-likeness (QED) is 0.781. The monoisotopic (exact) mass is 323 g/mol. The number of methoxy groups -OCH3 is 1. The zero-order chi connectivity index (χ0) is 17.1. The van der Waals surface area contributed by atoms with E-state index in [2.05, 4.69) is 10.3 Å². The van der Waals surface area contributed by atoms with Crippen molar-refractivity contribution in [2.75, 3.05) is 7.11 Å². The number of carbonyl (C=O) groups is 1. The number of imidazole rings is 1. The number of pyridine rings is 1. The fourth-order valence-electron chi connectivity index (χ4n) is 2.75. The number of hydrogen-bond donors (Lipinski definition) is 1. The lowest BCUT2D eigenvalue weighted by molar-refractivity contribution is 0.0931. The van der Waals surface area contributed by atoms with Gasteiger partial charge in [-0.25, -0.2) is 4.98 Å². The molecule has 124 valence electrons. The molecule has 0 aliphatic rings. The molecule has 0 unspecified atom stereocenters. The summed E-state index contributed by atoms with van der Waals surface area (Å²) in [6, 6.07) is 13.5. The zero-order valence-corrected chi connectivity index (χ0v) is 14.1. The summed E-state index contributed by atoms with van der Waals surface area (Å²) in [5.41, 5.74) is 3.29. The van der Waals surface area contributed by atoms with Crippen molar-refractivity contribution in [1.29, 1.82) is 0 Å². The van der Waals surface area contributed by atoms with Crippen molar-refractivity contribution >= 4 is 11.6 Å². The average Bonchev–Trinajstić information content (AvgIpc) is 3.05. The van der Waals surface area contributed by atoms with Gasteiger partial charge >= 0.3 is 0 Å². The van der Waals surface area contributed by atoms with E-state index in [4.69, 9.17) is 4.74 Å². The standard InChI is InChI=1S/C19H21N3O2/c1-4-16(14-8-10-15(24-3)11-9-14)21-19(23)17-12-22-13(2)6-5-7-18(22)20-17/h5-12,16H,4H2,1-3H3,(H,21,23)/t16-/m0/s1. The van der Waals surface area contributed by atoms with E-state index in [-0.39, 0.29) is 11.9 Å². The van der Waals surface area contributed by atoms with E-state index >= 15 is 0 Å². The van der Waals surface area contributed by atoms with Crippen LogP contribution in [0.3, 0.4) is 0 Å². The molecule has 0 saturated carbocycles. The van der Waals surface area contributed by atoms with E-state index in [1.165, 1.54) is 0 Å². The van der Waals surface area contributed by atoms with Gasteiger partial charge < -0.3 is 14.5 Å². The molecule has 1 atom stereocenters. The Labute approximate surface area is 141 Å². The van der Waals surface area contributed by atoms with E-state index in [0.717, 1.165) is 29.1 Å². The molecular formula is C19H21N3O2. The third-order valence-corrected chi connectivity index (χ3v) is 4.16. The lowest BCUT2D eigenvalue weighted by Gasteiger charge is -2.17. The maximum atomic E-state index is 12.6. The van der Waals surface area contributed by atoms with Crippen LogP contribution in [0, 0.1) is 6.92 Å². The summed E-state index contributed by atoms with van der Waals surface area (Å²) >= 11 is 0. The molecule has 2 aromatic heterocycles. The van der Waals surface area contributed by atoms with Crippen LogP contribution in [-0.4, -0.2) is 22.4 Å². The number of aryl methyl sites for hydroxylation is 1. The predicted molar refractivity (Wildman–Crippen MR) is 93.4 cm³/mol. The summed E-state index contributed by atoms with van der Waals surface area (Å²) in [7, 11) is 1.64. The number of carbonyl (C=O) groups excluding carboxylic acids is 1. The first-order chi connectivity index (χ1) is 11.6. The minimum atomic E-state index is -0.166. The van der Waals surface area contributed by atoms with Crippen LogP contribution < -0.4 is 10.1 Å². The SMILES string of the molecule is CC[C@H](NC(=O)c1cn2c(C)cccc2n1)c1ccc(OC)cc1. The molecule has 3 rings (SSSR count). The summed E-state index contributed by atoms with van der Waals surface area (Å²) in [6.45, 7) is 4.03. The third kappa shape index (κ3) is 3.11. The van der Waals surface area contributed by atoms with Crippen molar-refractivity contribution < 1.29 is 9.53 Å². The van der Waals surface area contributed by atoms with Gasteiger partial charge in [-0.1, -0.05) is 25.1 Å². The molecule has 5 nitrogen and oxygen atoms in total. The van der Waals surface area contributed by atoms with E-state index in [1.54, 1.807) is 13.3 Å². The second kappa shape index (κ2) is 6.74. The lowest BCUT2D eigenvalue weighted by Crippen LogP contribution is -2.28. The maximum absolute atomic E-state index is 12.6. The fourth-order valence-corrected chi connectivity index (χ4v) is 2.75. The molecular weight excluding hydrogens is 302 g/mol. The summed E-state index contributed by atoms with van der Waals surface area (Å²) in [4.78, 5) is 17.0. The molecule has 0 aliphatic heterocycles. The van der Waals surface area contributed by atoms with Crippen molar-refractivity contribution in [1.82, 2.24) is 14.7 Å². The zero-order valence-electron chi connectivity index (χ0n) is 14.1. The van der Waals surface area contributed by atoms with Gasteiger partial charge in [0.15, 0.2) is 0 Å². The van der Waals surface area contributed by atoms with Gasteiger partial charge in [0.05, 0.1) is 13.2 Å². The summed E-state index contributed by atoms with van der Waals surface area (Å²) in [5, 5.41) is 3.06. The van der Waals surface area contributed by atoms with Crippen LogP contribution in [0.1, 0.15) is 41.1 Å². The van der Waals surface area contributed by atoms with Gasteiger partial charge in [-0.2, -0.15) is 0 Å². The van der Waals surface area contributed by atoms with Crippen molar-refractivity contribution in [2.45, 2.75) is 26.3 Å². The molecule has 24 heavy (non-hydrogen) atoms. The van der Waals surface area contributed by atoms with Gasteiger partial charge in [-0.05, 0) is 43.2 Å². The van der Waals surface area contributed by atoms with Crippen LogP contribution in [0.15, 0.2) is 48.7 Å². The largest absolute Gasteiger partial charge is 0.497 e. The summed E-state index contributed by atoms with van der Waals surface area (Å²) < 4.78 is 7.10. The number of fused-ring (bicyclic) bond motifs is 1. The first-order valence-electron chi connectivity index (χ1n) is 8.02. The van der Waals surface area contributed by atoms with Crippen molar-refractivity contribution in [3.63, 3.8) is 0 Å². The molecule has 0 aliphatic carbocycles. The highest BCUT2D eigenvalue weighted by atomic mass is 16.5. The Morgan fingerprint density at radius 1 is 1.25 bits per heavy atom. The van der Waals surface area contributed by atoms with Crippen LogP contribution >= 0.6 is 0 Å². The molecule has 2 heterocycles. The van der Waals surface area contributed by atoms with Crippen LogP contribution in [0.5, 0.6) is 5.75 Å². The van der Waals surface area contributed by atoms with Crippen LogP contribution in [0.25, 0.3) is 5.65 Å². The normalized spacial score (nSPS) is 12.1. The molecule has 0 saturated heterocycles. The number of rotatable bonds is 5. The number of ether oxygens (including phenoxy) is 1. The predicted octanol–water partition coefficient (Wildman–Crippen LogP) is 3.53. The fraction of sp³-hybridized carbons (Fsp3) is 0.263. The maximum Gasteiger partial charge on any atom is 0.271 e. The van der Waals surface area contributed by atoms with E-state index in [1.807, 2.05) is 60.7 Å². The topological polar surface area (TPSA) is 55.6 Å². The van der Waals surface area contributed by atoms with Gasteiger partial charge in [-0.3, -0.25) is 4.79 Å². The minimum absolute atomic E-state index is 0.0608. The van der Waals surface area contributed by atoms with Crippen molar-refractivity contribution in [3.8, 4) is 5.75 Å². The molecule has 1 aromatic carbocycles. The Morgan fingerprint density at radius 2 is 2.00 bits per heavy atom. The number of aromatic nitrogens is 2. The first kappa shape index (κ1) is 16.1. The van der Waals surface area contributed by atoms with E-state index in [0.29, 0.717) is 5.69 Å². The number of nitrogens with one attached hydrogen (secondary N) is 1. The molecule has 0 radical (unpaired) electrons. The molecule has 0 fully saturated rings. The van der Waals surface area contributed by atoms with Gasteiger partial charge in [0, 0.05) is 11.9 Å². The number of hydrogen-bond acceptors (Lipinski definition) is 3. The Hall–Kier alpha value is -2.82. The lowest BCUT2D eigenvalue weighted by atomic mass is 10.0. The highest BCUT2D eigenvalue weighted by molar-refractivity contribution is 5.93. The van der Waals surface area contributed by atoms with Crippen LogP contribution in [0.2, 0.25) is 0 Å². The highest BCUT2D eigenvalue weighted by Crippen LogP contribution is 2.20. The number of amides is 1. The second-order valence-corrected chi connectivity index (χ2v) is 5.73. The first-order valence-corrected chi connectivity index (χ1v) is 8.02. The number of nitrogens with zero attached hydrogens (tertiary/aromatic N) is 2. The van der Waals surface area contributed by atoms with Crippen LogP contribution in [0.4, 0.5) is 0 Å². The molecule has 1 amide bonds. The van der Waals surface area contributed by atoms with E-state index in [9.17, 15) is 4.79 Å². The van der Waals surface area contributed by atoms with Crippen LogP contribution in [-0.2, 0) is 0 Å². The third-order valence-electron chi connectivity index (χ3n) is 4.16. The second-order valence-electron chi connectivity index (χ2n) is 5.73. The average molecular weight is 323 g/mol. The highest BCUT2D eigenvalue weighted by Gasteiger charge is 2.17. The van der Waals surface area contributed by atoms with Crippen molar-refractivity contribution in [3.05, 3.63) is 65.6 Å². The number of benzene rings is 1. The van der Waals surface area contributed by atoms with Gasteiger partial charge in [0.25, 0.3) is 5.91 Å². The molecule has 0 spiro atoms. The van der Waals surface area contributed by atoms with Crippen molar-refractivity contribution in [2.24, 2.45) is 0 Å². The summed E-state index contributed by atoms with van der Waals surface area (Å²) in [6.07, 6.45) is 2.57. The molecule has 3 aromatic rings. The Kier molecular flexibility index (Phi) is 4.51. The molecule has 5 heteroatoms. The Bertz CT molecular complexity index is 853. The molecule has 1 N–H and O–H groups in total. The summed E-state index contributed by atoms with van der Waals surface area (Å²) in [5.74, 6) is 0.636. The Morgan fingerprint density at radius 3 is 2.62 bits per heavy atom. The minimum Gasteiger partial charge on any atom is -0.497 e. The molecule has 0 bridgehead atoms. The Balaban J connectivity index is 1.81. The smallest absolute Gasteiger partial charge is 0.271 e. The van der Waals surface area contributed by atoms with Gasteiger partial charge in [-0.15, -0.1) is 0 Å². The van der Waals surface area contributed by atoms with Gasteiger partial charge in [0.2, 0.25) is 0 Å².